The molecule has 18 heavy (non-hydrogen) atoms. The van der Waals surface area contributed by atoms with Gasteiger partial charge in [0.1, 0.15) is 0 Å². The molecule has 0 aliphatic rings. The first kappa shape index (κ1) is 19.7. The third-order valence-electron chi connectivity index (χ3n) is 2.05. The average Bonchev–Trinajstić information content (AvgIpc) is 2.18. The summed E-state index contributed by atoms with van der Waals surface area (Å²) in [6.07, 6.45) is -13.2. The number of alkyl halides is 8. The Hall–Kier alpha value is -0.600. The highest BCUT2D eigenvalue weighted by molar-refractivity contribution is 4.83. The second-order valence-electron chi connectivity index (χ2n) is 3.19. The summed E-state index contributed by atoms with van der Waals surface area (Å²) in [7, 11) is 0. The van der Waals surface area contributed by atoms with Crippen LogP contribution in [0, 0.1) is 0 Å². The Balaban J connectivity index is 0. The fourth-order valence-electron chi connectivity index (χ4n) is 0.832. The Kier molecular flexibility index (Phi) is 7.79. The molecule has 0 aliphatic carbocycles. The summed E-state index contributed by atoms with van der Waals surface area (Å²) < 4.78 is 87.5. The van der Waals surface area contributed by atoms with Crippen LogP contribution in [-0.4, -0.2) is 42.8 Å². The normalized spacial score (nSPS) is 13.3. The van der Waals surface area contributed by atoms with E-state index in [-0.39, 0.29) is 0 Å². The SMILES string of the molecule is CCN(CC)CC.FC(F)(F)C(F)(F)C(F)(F)F. The summed E-state index contributed by atoms with van der Waals surface area (Å²) in [5.74, 6) is -6.62. The fourth-order valence-corrected chi connectivity index (χ4v) is 0.832. The Morgan fingerprint density at radius 3 is 0.833 bits per heavy atom. The molecule has 0 heterocycles. The first-order valence-electron chi connectivity index (χ1n) is 5.08. The first-order chi connectivity index (χ1) is 7.85. The van der Waals surface area contributed by atoms with Gasteiger partial charge in [0.05, 0.1) is 0 Å². The Morgan fingerprint density at radius 1 is 0.611 bits per heavy atom. The molecule has 0 saturated carbocycles. The van der Waals surface area contributed by atoms with Crippen LogP contribution >= 0.6 is 0 Å². The second-order valence-corrected chi connectivity index (χ2v) is 3.19. The maximum Gasteiger partial charge on any atom is 0.463 e. The van der Waals surface area contributed by atoms with E-state index in [0.29, 0.717) is 0 Å². The average molecular weight is 289 g/mol. The topological polar surface area (TPSA) is 3.24 Å². The van der Waals surface area contributed by atoms with Gasteiger partial charge < -0.3 is 4.90 Å². The van der Waals surface area contributed by atoms with Crippen molar-refractivity contribution in [1.82, 2.24) is 4.90 Å². The van der Waals surface area contributed by atoms with E-state index in [0.717, 1.165) is 0 Å². The van der Waals surface area contributed by atoms with Crippen LogP contribution in [0.1, 0.15) is 20.8 Å². The third-order valence-corrected chi connectivity index (χ3v) is 2.05. The van der Waals surface area contributed by atoms with Gasteiger partial charge in [-0.3, -0.25) is 0 Å². The standard InChI is InChI=1S/C6H15N.C3F8/c1-4-7(5-2)6-3;4-1(5,2(6,7)8)3(9,10)11/h4-6H2,1-3H3;. The fraction of sp³-hybridized carbons (Fsp3) is 1.00. The largest absolute Gasteiger partial charge is 0.463 e. The molecule has 0 fully saturated rings. The van der Waals surface area contributed by atoms with Gasteiger partial charge in [0.15, 0.2) is 0 Å². The molecule has 0 aromatic carbocycles. The van der Waals surface area contributed by atoms with Gasteiger partial charge in [-0.05, 0) is 19.6 Å². The van der Waals surface area contributed by atoms with Gasteiger partial charge in [-0.1, -0.05) is 20.8 Å². The van der Waals surface area contributed by atoms with Crippen LogP contribution in [-0.2, 0) is 0 Å². The Morgan fingerprint density at radius 2 is 0.833 bits per heavy atom. The van der Waals surface area contributed by atoms with E-state index in [2.05, 4.69) is 25.7 Å². The number of rotatable bonds is 3. The summed E-state index contributed by atoms with van der Waals surface area (Å²) in [6, 6.07) is 0. The van der Waals surface area contributed by atoms with Gasteiger partial charge in [-0.25, -0.2) is 0 Å². The molecule has 0 amide bonds. The van der Waals surface area contributed by atoms with Crippen LogP contribution in [0.25, 0.3) is 0 Å². The van der Waals surface area contributed by atoms with Gasteiger partial charge in [-0.2, -0.15) is 35.1 Å². The number of nitrogens with zero attached hydrogens (tertiary/aromatic N) is 1. The first-order valence-corrected chi connectivity index (χ1v) is 5.08. The maximum atomic E-state index is 11.2. The van der Waals surface area contributed by atoms with Gasteiger partial charge in [0.2, 0.25) is 0 Å². The maximum absolute atomic E-state index is 11.2. The molecule has 0 aromatic rings. The van der Waals surface area contributed by atoms with E-state index < -0.39 is 18.3 Å². The van der Waals surface area contributed by atoms with E-state index in [1.54, 1.807) is 0 Å². The van der Waals surface area contributed by atoms with Crippen molar-refractivity contribution in [3.05, 3.63) is 0 Å². The lowest BCUT2D eigenvalue weighted by Crippen LogP contribution is -2.49. The van der Waals surface area contributed by atoms with Crippen LogP contribution in [0.15, 0.2) is 0 Å². The molecule has 0 radical (unpaired) electrons. The molecule has 0 N–H and O–H groups in total. The molecular formula is C9H15F8N. The van der Waals surface area contributed by atoms with Gasteiger partial charge >= 0.3 is 18.3 Å². The summed E-state index contributed by atoms with van der Waals surface area (Å²) in [4.78, 5) is 2.38. The Labute approximate surface area is 99.7 Å². The monoisotopic (exact) mass is 289 g/mol. The van der Waals surface area contributed by atoms with Crippen molar-refractivity contribution in [3.8, 4) is 0 Å². The van der Waals surface area contributed by atoms with Crippen molar-refractivity contribution in [2.75, 3.05) is 19.6 Å². The predicted octanol–water partition coefficient (Wildman–Crippen LogP) is 4.09. The number of hydrogen-bond acceptors (Lipinski definition) is 1. The second kappa shape index (κ2) is 7.10. The molecule has 0 bridgehead atoms. The summed E-state index contributed by atoms with van der Waals surface area (Å²) in [5, 5.41) is 0. The molecular weight excluding hydrogens is 274 g/mol. The lowest BCUT2D eigenvalue weighted by Gasteiger charge is -2.21. The van der Waals surface area contributed by atoms with Crippen LogP contribution in [0.2, 0.25) is 0 Å². The zero-order valence-corrected chi connectivity index (χ0v) is 10.1. The molecule has 0 aromatic heterocycles. The van der Waals surface area contributed by atoms with Crippen molar-refractivity contribution in [2.24, 2.45) is 0 Å². The van der Waals surface area contributed by atoms with Crippen LogP contribution in [0.3, 0.4) is 0 Å². The molecule has 0 rings (SSSR count). The smallest absolute Gasteiger partial charge is 0.304 e. The Bertz CT molecular complexity index is 194. The quantitative estimate of drug-likeness (QED) is 0.707. The lowest BCUT2D eigenvalue weighted by molar-refractivity contribution is -0.389. The molecule has 0 unspecified atom stereocenters. The predicted molar refractivity (Wildman–Crippen MR) is 50.5 cm³/mol. The molecule has 0 aliphatic heterocycles. The summed E-state index contributed by atoms with van der Waals surface area (Å²) >= 11 is 0. The molecule has 1 nitrogen and oxygen atoms in total. The van der Waals surface area contributed by atoms with E-state index in [1.165, 1.54) is 19.6 Å². The minimum Gasteiger partial charge on any atom is -0.304 e. The highest BCUT2D eigenvalue weighted by Crippen LogP contribution is 2.46. The van der Waals surface area contributed by atoms with Crippen molar-refractivity contribution in [1.29, 1.82) is 0 Å². The molecule has 112 valence electrons. The highest BCUT2D eigenvalue weighted by atomic mass is 19.5. The molecule has 0 atom stereocenters. The minimum absolute atomic E-state index is 1.19. The third kappa shape index (κ3) is 5.83. The summed E-state index contributed by atoms with van der Waals surface area (Å²) in [5.41, 5.74) is 0. The van der Waals surface area contributed by atoms with E-state index in [1.807, 2.05) is 0 Å². The van der Waals surface area contributed by atoms with Gasteiger partial charge in [0, 0.05) is 0 Å². The van der Waals surface area contributed by atoms with Gasteiger partial charge in [-0.15, -0.1) is 0 Å². The molecule has 0 saturated heterocycles. The van der Waals surface area contributed by atoms with E-state index in [9.17, 15) is 35.1 Å². The highest BCUT2D eigenvalue weighted by Gasteiger charge is 2.74. The van der Waals surface area contributed by atoms with Gasteiger partial charge in [0.25, 0.3) is 0 Å². The molecule has 0 spiro atoms. The van der Waals surface area contributed by atoms with E-state index >= 15 is 0 Å². The lowest BCUT2D eigenvalue weighted by atomic mass is 10.3. The van der Waals surface area contributed by atoms with E-state index in [4.69, 9.17) is 0 Å². The van der Waals surface area contributed by atoms with Crippen LogP contribution in [0.5, 0.6) is 0 Å². The van der Waals surface area contributed by atoms with Crippen molar-refractivity contribution >= 4 is 0 Å². The van der Waals surface area contributed by atoms with Crippen LogP contribution < -0.4 is 0 Å². The zero-order chi connectivity index (χ0) is 15.2. The van der Waals surface area contributed by atoms with Crippen molar-refractivity contribution in [3.63, 3.8) is 0 Å². The van der Waals surface area contributed by atoms with Crippen molar-refractivity contribution in [2.45, 2.75) is 39.0 Å². The summed E-state index contributed by atoms with van der Waals surface area (Å²) in [6.45, 7) is 10.1. The molecule has 9 heteroatoms. The zero-order valence-electron chi connectivity index (χ0n) is 10.1. The van der Waals surface area contributed by atoms with Crippen LogP contribution in [0.4, 0.5) is 35.1 Å². The van der Waals surface area contributed by atoms with Crippen molar-refractivity contribution < 1.29 is 35.1 Å². The minimum atomic E-state index is -6.62. The number of hydrogen-bond donors (Lipinski definition) is 0. The number of halogens is 8.